The third-order valence-corrected chi connectivity index (χ3v) is 3.40. The van der Waals surface area contributed by atoms with Crippen LogP contribution in [0.4, 0.5) is 0 Å². The molecular formula is C16H17N5O2. The lowest BCUT2D eigenvalue weighted by Crippen LogP contribution is -2.22. The van der Waals surface area contributed by atoms with E-state index in [4.69, 9.17) is 4.74 Å². The van der Waals surface area contributed by atoms with Crippen LogP contribution in [0, 0.1) is 0 Å². The average Bonchev–Trinajstić information content (AvgIpc) is 3.23. The topological polar surface area (TPSA) is 76.0 Å². The number of carbonyl (C=O) groups is 1. The van der Waals surface area contributed by atoms with E-state index >= 15 is 0 Å². The van der Waals surface area contributed by atoms with Crippen molar-refractivity contribution in [1.82, 2.24) is 24.6 Å². The molecule has 1 N–H and O–H groups in total. The molecule has 0 saturated heterocycles. The second-order valence-electron chi connectivity index (χ2n) is 5.18. The Bertz CT molecular complexity index is 804. The molecule has 0 saturated carbocycles. The van der Waals surface area contributed by atoms with Crippen molar-refractivity contribution >= 4 is 5.91 Å². The van der Waals surface area contributed by atoms with Crippen molar-refractivity contribution < 1.29 is 9.53 Å². The van der Waals surface area contributed by atoms with E-state index < -0.39 is 0 Å². The summed E-state index contributed by atoms with van der Waals surface area (Å²) < 4.78 is 6.78. The first-order valence-corrected chi connectivity index (χ1v) is 7.05. The van der Waals surface area contributed by atoms with Gasteiger partial charge in [0.25, 0.3) is 5.91 Å². The molecule has 7 nitrogen and oxygen atoms in total. The van der Waals surface area contributed by atoms with Gasteiger partial charge in [-0.2, -0.15) is 5.10 Å². The van der Waals surface area contributed by atoms with Crippen LogP contribution in [-0.2, 0) is 0 Å². The lowest BCUT2D eigenvalue weighted by molar-refractivity contribution is 0.0821. The van der Waals surface area contributed by atoms with Crippen LogP contribution in [0.15, 0.2) is 42.9 Å². The van der Waals surface area contributed by atoms with Gasteiger partial charge in [-0.1, -0.05) is 0 Å². The SMILES string of the molecule is COc1ccc(-n2nc(C(=O)N(C)C)cc2-c2cc[nH]c2)cn1. The van der Waals surface area contributed by atoms with Crippen molar-refractivity contribution in [2.75, 3.05) is 21.2 Å². The highest BCUT2D eigenvalue weighted by atomic mass is 16.5. The number of aromatic amines is 1. The molecule has 0 atom stereocenters. The standard InChI is InChI=1S/C16H17N5O2/c1-20(2)16(22)13-8-14(11-6-7-17-9-11)21(19-13)12-4-5-15(23-3)18-10-12/h4-10,17H,1-3H3. The van der Waals surface area contributed by atoms with Gasteiger partial charge in [0.05, 0.1) is 24.7 Å². The molecule has 3 rings (SSSR count). The van der Waals surface area contributed by atoms with Gasteiger partial charge >= 0.3 is 0 Å². The zero-order valence-corrected chi connectivity index (χ0v) is 13.1. The normalized spacial score (nSPS) is 10.6. The van der Waals surface area contributed by atoms with E-state index in [9.17, 15) is 4.79 Å². The van der Waals surface area contributed by atoms with Gasteiger partial charge in [0, 0.05) is 38.1 Å². The van der Waals surface area contributed by atoms with Crippen LogP contribution in [0.1, 0.15) is 10.5 Å². The number of ether oxygens (including phenoxy) is 1. The molecule has 3 aromatic heterocycles. The number of methoxy groups -OCH3 is 1. The van der Waals surface area contributed by atoms with Gasteiger partial charge < -0.3 is 14.6 Å². The highest BCUT2D eigenvalue weighted by Crippen LogP contribution is 2.24. The Morgan fingerprint density at radius 1 is 1.30 bits per heavy atom. The van der Waals surface area contributed by atoms with E-state index in [1.54, 1.807) is 44.2 Å². The third-order valence-electron chi connectivity index (χ3n) is 3.40. The number of carbonyl (C=O) groups excluding carboxylic acids is 1. The van der Waals surface area contributed by atoms with Crippen molar-refractivity contribution in [3.8, 4) is 22.8 Å². The van der Waals surface area contributed by atoms with E-state index in [-0.39, 0.29) is 5.91 Å². The molecule has 3 heterocycles. The smallest absolute Gasteiger partial charge is 0.273 e. The zero-order valence-electron chi connectivity index (χ0n) is 13.1. The number of hydrogen-bond donors (Lipinski definition) is 1. The summed E-state index contributed by atoms with van der Waals surface area (Å²) in [5, 5.41) is 4.44. The highest BCUT2D eigenvalue weighted by molar-refractivity contribution is 5.93. The number of H-pyrrole nitrogens is 1. The lowest BCUT2D eigenvalue weighted by atomic mass is 10.2. The van der Waals surface area contributed by atoms with Crippen LogP contribution < -0.4 is 4.74 Å². The minimum Gasteiger partial charge on any atom is -0.481 e. The molecule has 7 heteroatoms. The molecule has 0 unspecified atom stereocenters. The van der Waals surface area contributed by atoms with E-state index in [1.807, 2.05) is 24.5 Å². The van der Waals surface area contributed by atoms with Crippen molar-refractivity contribution in [2.24, 2.45) is 0 Å². The molecule has 0 aromatic carbocycles. The van der Waals surface area contributed by atoms with Crippen molar-refractivity contribution in [3.05, 3.63) is 48.5 Å². The first-order chi connectivity index (χ1) is 11.1. The fourth-order valence-corrected chi connectivity index (χ4v) is 2.22. The summed E-state index contributed by atoms with van der Waals surface area (Å²) in [6, 6.07) is 7.30. The first-order valence-electron chi connectivity index (χ1n) is 7.05. The molecular weight excluding hydrogens is 294 g/mol. The average molecular weight is 311 g/mol. The Kier molecular flexibility index (Phi) is 3.84. The van der Waals surface area contributed by atoms with Gasteiger partial charge in [-0.15, -0.1) is 0 Å². The van der Waals surface area contributed by atoms with E-state index in [1.165, 1.54) is 4.90 Å². The Labute approximate surface area is 133 Å². The predicted molar refractivity (Wildman–Crippen MR) is 85.7 cm³/mol. The summed E-state index contributed by atoms with van der Waals surface area (Å²) in [5.41, 5.74) is 2.87. The maximum atomic E-state index is 12.2. The number of pyridine rings is 1. The maximum Gasteiger partial charge on any atom is 0.273 e. The van der Waals surface area contributed by atoms with Crippen LogP contribution in [0.3, 0.4) is 0 Å². The summed E-state index contributed by atoms with van der Waals surface area (Å²) >= 11 is 0. The minimum atomic E-state index is -0.151. The first kappa shape index (κ1) is 14.8. The third kappa shape index (κ3) is 2.80. The Balaban J connectivity index is 2.11. The number of rotatable bonds is 4. The molecule has 118 valence electrons. The van der Waals surface area contributed by atoms with Gasteiger partial charge in [0.15, 0.2) is 5.69 Å². The molecule has 0 aliphatic heterocycles. The van der Waals surface area contributed by atoms with Gasteiger partial charge in [0.1, 0.15) is 0 Å². The number of amides is 1. The molecule has 0 aliphatic carbocycles. The quantitative estimate of drug-likeness (QED) is 0.799. The van der Waals surface area contributed by atoms with Crippen molar-refractivity contribution in [2.45, 2.75) is 0 Å². The van der Waals surface area contributed by atoms with E-state index in [2.05, 4.69) is 15.1 Å². The molecule has 0 radical (unpaired) electrons. The molecule has 0 bridgehead atoms. The summed E-state index contributed by atoms with van der Waals surface area (Å²) in [5.74, 6) is 0.371. The van der Waals surface area contributed by atoms with Crippen LogP contribution in [-0.4, -0.2) is 51.8 Å². The number of nitrogens with zero attached hydrogens (tertiary/aromatic N) is 4. The van der Waals surface area contributed by atoms with Gasteiger partial charge in [-0.3, -0.25) is 4.79 Å². The molecule has 23 heavy (non-hydrogen) atoms. The highest BCUT2D eigenvalue weighted by Gasteiger charge is 2.18. The number of aromatic nitrogens is 4. The Hall–Kier alpha value is -3.09. The van der Waals surface area contributed by atoms with Gasteiger partial charge in [-0.05, 0) is 18.2 Å². The Morgan fingerprint density at radius 2 is 2.13 bits per heavy atom. The van der Waals surface area contributed by atoms with E-state index in [0.29, 0.717) is 11.6 Å². The number of nitrogens with one attached hydrogen (secondary N) is 1. The lowest BCUT2D eigenvalue weighted by Gasteiger charge is -2.07. The fraction of sp³-hybridized carbons (Fsp3) is 0.188. The van der Waals surface area contributed by atoms with Gasteiger partial charge in [-0.25, -0.2) is 9.67 Å². The summed E-state index contributed by atoms with van der Waals surface area (Å²) in [6.07, 6.45) is 5.34. The second kappa shape index (κ2) is 5.96. The predicted octanol–water partition coefficient (Wildman–Crippen LogP) is 1.97. The van der Waals surface area contributed by atoms with E-state index in [0.717, 1.165) is 16.9 Å². The van der Waals surface area contributed by atoms with Crippen molar-refractivity contribution in [3.63, 3.8) is 0 Å². The zero-order chi connectivity index (χ0) is 16.4. The van der Waals surface area contributed by atoms with Crippen LogP contribution in [0.5, 0.6) is 5.88 Å². The second-order valence-corrected chi connectivity index (χ2v) is 5.18. The van der Waals surface area contributed by atoms with Crippen LogP contribution in [0.25, 0.3) is 16.9 Å². The van der Waals surface area contributed by atoms with Crippen molar-refractivity contribution in [1.29, 1.82) is 0 Å². The number of hydrogen-bond acceptors (Lipinski definition) is 4. The summed E-state index contributed by atoms with van der Waals surface area (Å²) in [7, 11) is 4.97. The largest absolute Gasteiger partial charge is 0.481 e. The van der Waals surface area contributed by atoms with Gasteiger partial charge in [0.2, 0.25) is 5.88 Å². The molecule has 1 amide bonds. The van der Waals surface area contributed by atoms with Crippen LogP contribution in [0.2, 0.25) is 0 Å². The monoisotopic (exact) mass is 311 g/mol. The van der Waals surface area contributed by atoms with Crippen LogP contribution >= 0.6 is 0 Å². The molecule has 3 aromatic rings. The summed E-state index contributed by atoms with van der Waals surface area (Å²) in [6.45, 7) is 0. The molecule has 0 fully saturated rings. The molecule has 0 aliphatic rings. The minimum absolute atomic E-state index is 0.151. The fourth-order valence-electron chi connectivity index (χ4n) is 2.22. The maximum absolute atomic E-state index is 12.2. The Morgan fingerprint density at radius 3 is 2.70 bits per heavy atom. The summed E-state index contributed by atoms with van der Waals surface area (Å²) in [4.78, 5) is 20.9. The molecule has 0 spiro atoms.